The van der Waals surface area contributed by atoms with Crippen molar-refractivity contribution in [1.29, 1.82) is 0 Å². The molecule has 0 fully saturated rings. The molecule has 0 aliphatic heterocycles. The van der Waals surface area contributed by atoms with Crippen LogP contribution in [-0.2, 0) is 26.0 Å². The molecule has 1 heterocycles. The zero-order chi connectivity index (χ0) is 20.3. The third-order valence-electron chi connectivity index (χ3n) is 4.03. The molecule has 0 atom stereocenters. The van der Waals surface area contributed by atoms with E-state index in [1.54, 1.807) is 30.5 Å². The molecule has 0 saturated heterocycles. The van der Waals surface area contributed by atoms with Gasteiger partial charge in [-0.05, 0) is 19.1 Å². The summed E-state index contributed by atoms with van der Waals surface area (Å²) in [5.41, 5.74) is 1.40. The Morgan fingerprint density at radius 2 is 1.89 bits per heavy atom. The summed E-state index contributed by atoms with van der Waals surface area (Å²) in [6.07, 6.45) is 0.00648. The van der Waals surface area contributed by atoms with E-state index in [-0.39, 0.29) is 16.4 Å². The van der Waals surface area contributed by atoms with E-state index in [0.29, 0.717) is 17.7 Å². The quantitative estimate of drug-likeness (QED) is 0.591. The minimum atomic E-state index is -3.84. The van der Waals surface area contributed by atoms with E-state index < -0.39 is 16.0 Å². The number of sulfonamides is 1. The number of thiazole rings is 1. The van der Waals surface area contributed by atoms with E-state index in [0.717, 1.165) is 22.4 Å². The van der Waals surface area contributed by atoms with Gasteiger partial charge in [-0.25, -0.2) is 13.4 Å². The van der Waals surface area contributed by atoms with Crippen molar-refractivity contribution < 1.29 is 17.9 Å². The number of benzene rings is 2. The summed E-state index contributed by atoms with van der Waals surface area (Å²) < 4.78 is 33.4. The second kappa shape index (κ2) is 8.15. The van der Waals surface area contributed by atoms with Crippen LogP contribution in [0.5, 0.6) is 0 Å². The van der Waals surface area contributed by atoms with E-state index in [4.69, 9.17) is 4.74 Å². The lowest BCUT2D eigenvalue weighted by atomic mass is 10.1. The number of aromatic nitrogens is 1. The van der Waals surface area contributed by atoms with Gasteiger partial charge in [-0.2, -0.15) is 0 Å². The highest BCUT2D eigenvalue weighted by atomic mass is 32.2. The number of hydrogen-bond donors (Lipinski definition) is 1. The molecule has 3 rings (SSSR count). The Kier molecular flexibility index (Phi) is 5.85. The van der Waals surface area contributed by atoms with Crippen LogP contribution in [0.2, 0.25) is 0 Å². The molecule has 0 aliphatic carbocycles. The summed E-state index contributed by atoms with van der Waals surface area (Å²) in [4.78, 5) is 17.9. The second-order valence-electron chi connectivity index (χ2n) is 6.25. The first-order valence-corrected chi connectivity index (χ1v) is 11.0. The van der Waals surface area contributed by atoms with Crippen LogP contribution in [0.25, 0.3) is 10.8 Å². The summed E-state index contributed by atoms with van der Waals surface area (Å²) in [6.45, 7) is 2.02. The summed E-state index contributed by atoms with van der Waals surface area (Å²) in [5.74, 6) is -0.396. The SMILES string of the molecule is CCOC(=O)Cc1csc(NS(=O)(=O)c2cccc3c(N(C)C)cccc23)n1. The monoisotopic (exact) mass is 419 g/mol. The molecular weight excluding hydrogens is 398 g/mol. The van der Waals surface area contributed by atoms with Crippen molar-refractivity contribution in [3.63, 3.8) is 0 Å². The summed E-state index contributed by atoms with van der Waals surface area (Å²) in [5, 5.41) is 3.32. The fraction of sp³-hybridized carbons (Fsp3) is 0.263. The predicted octanol–water partition coefficient (Wildman–Crippen LogP) is 3.27. The van der Waals surface area contributed by atoms with Crippen LogP contribution >= 0.6 is 11.3 Å². The standard InChI is InChI=1S/C19H21N3O4S2/c1-4-26-18(23)11-13-12-27-19(20-13)21-28(24,25)17-10-6-7-14-15(17)8-5-9-16(14)22(2)3/h5-10,12H,4,11H2,1-3H3,(H,20,21). The molecule has 3 aromatic rings. The van der Waals surface area contributed by atoms with Gasteiger partial charge in [0, 0.05) is 35.9 Å². The number of hydrogen-bond acceptors (Lipinski definition) is 7. The number of carbonyl (C=O) groups excluding carboxylic acids is 1. The van der Waals surface area contributed by atoms with Crippen LogP contribution in [-0.4, -0.2) is 40.1 Å². The Balaban J connectivity index is 1.91. The van der Waals surface area contributed by atoms with Crippen LogP contribution in [0, 0.1) is 0 Å². The highest BCUT2D eigenvalue weighted by molar-refractivity contribution is 7.93. The zero-order valence-corrected chi connectivity index (χ0v) is 17.4. The molecule has 9 heteroatoms. The molecule has 2 aromatic carbocycles. The Hall–Kier alpha value is -2.65. The van der Waals surface area contributed by atoms with Gasteiger partial charge < -0.3 is 9.64 Å². The van der Waals surface area contributed by atoms with Crippen molar-refractivity contribution in [2.75, 3.05) is 30.3 Å². The van der Waals surface area contributed by atoms with Crippen LogP contribution in [0.4, 0.5) is 10.8 Å². The Morgan fingerprint density at radius 3 is 2.61 bits per heavy atom. The minimum Gasteiger partial charge on any atom is -0.466 e. The molecule has 0 saturated carbocycles. The maximum absolute atomic E-state index is 13.0. The number of anilines is 2. The van der Waals surface area contributed by atoms with Crippen molar-refractivity contribution in [2.24, 2.45) is 0 Å². The van der Waals surface area contributed by atoms with Gasteiger partial charge in [0.15, 0.2) is 5.13 Å². The average molecular weight is 420 g/mol. The molecular formula is C19H21N3O4S2. The number of esters is 1. The van der Waals surface area contributed by atoms with Crippen LogP contribution in [0.1, 0.15) is 12.6 Å². The van der Waals surface area contributed by atoms with Gasteiger partial charge in [-0.3, -0.25) is 9.52 Å². The summed E-state index contributed by atoms with van der Waals surface area (Å²) in [7, 11) is -0.0214. The van der Waals surface area contributed by atoms with E-state index in [1.807, 2.05) is 37.2 Å². The van der Waals surface area contributed by atoms with Crippen LogP contribution in [0.15, 0.2) is 46.7 Å². The van der Waals surface area contributed by atoms with Gasteiger partial charge in [0.05, 0.1) is 23.6 Å². The lowest BCUT2D eigenvalue weighted by Gasteiger charge is -2.17. The second-order valence-corrected chi connectivity index (χ2v) is 8.76. The Labute approximate surface area is 168 Å². The molecule has 0 bridgehead atoms. The lowest BCUT2D eigenvalue weighted by Crippen LogP contribution is -2.14. The van der Waals surface area contributed by atoms with Crippen molar-refractivity contribution in [1.82, 2.24) is 4.98 Å². The predicted molar refractivity (Wildman–Crippen MR) is 112 cm³/mol. The zero-order valence-electron chi connectivity index (χ0n) is 15.8. The highest BCUT2D eigenvalue weighted by Crippen LogP contribution is 2.31. The molecule has 0 unspecified atom stereocenters. The van der Waals surface area contributed by atoms with Crippen molar-refractivity contribution >= 4 is 48.9 Å². The number of nitrogens with one attached hydrogen (secondary N) is 1. The van der Waals surface area contributed by atoms with E-state index in [2.05, 4.69) is 9.71 Å². The van der Waals surface area contributed by atoms with Crippen LogP contribution < -0.4 is 9.62 Å². The minimum absolute atomic E-state index is 0.00648. The fourth-order valence-corrected chi connectivity index (χ4v) is 5.04. The number of ether oxygens (including phenoxy) is 1. The largest absolute Gasteiger partial charge is 0.466 e. The first-order valence-electron chi connectivity index (χ1n) is 8.63. The number of carbonyl (C=O) groups is 1. The molecule has 7 nitrogen and oxygen atoms in total. The van der Waals surface area contributed by atoms with Gasteiger partial charge in [0.25, 0.3) is 10.0 Å². The molecule has 1 aromatic heterocycles. The smallest absolute Gasteiger partial charge is 0.311 e. The van der Waals surface area contributed by atoms with Crippen molar-refractivity contribution in [3.05, 3.63) is 47.5 Å². The topological polar surface area (TPSA) is 88.6 Å². The molecule has 148 valence electrons. The first kappa shape index (κ1) is 20.1. The average Bonchev–Trinajstić information content (AvgIpc) is 3.06. The molecule has 0 amide bonds. The molecule has 0 spiro atoms. The van der Waals surface area contributed by atoms with Crippen molar-refractivity contribution in [3.8, 4) is 0 Å². The van der Waals surface area contributed by atoms with E-state index in [9.17, 15) is 13.2 Å². The number of rotatable bonds is 7. The third kappa shape index (κ3) is 4.26. The van der Waals surface area contributed by atoms with E-state index >= 15 is 0 Å². The van der Waals surface area contributed by atoms with Gasteiger partial charge in [-0.1, -0.05) is 24.3 Å². The van der Waals surface area contributed by atoms with Gasteiger partial charge in [0.2, 0.25) is 0 Å². The number of nitrogens with zero attached hydrogens (tertiary/aromatic N) is 2. The lowest BCUT2D eigenvalue weighted by molar-refractivity contribution is -0.142. The molecule has 0 aliphatic rings. The Bertz CT molecular complexity index is 1110. The molecule has 1 N–H and O–H groups in total. The summed E-state index contributed by atoms with van der Waals surface area (Å²) >= 11 is 1.13. The maximum Gasteiger partial charge on any atom is 0.311 e. The normalized spacial score (nSPS) is 11.4. The third-order valence-corrected chi connectivity index (χ3v) is 6.37. The van der Waals surface area contributed by atoms with Gasteiger partial charge in [0.1, 0.15) is 0 Å². The summed E-state index contributed by atoms with van der Waals surface area (Å²) in [6, 6.07) is 10.7. The number of fused-ring (bicyclic) bond motifs is 1. The van der Waals surface area contributed by atoms with Crippen LogP contribution in [0.3, 0.4) is 0 Å². The first-order chi connectivity index (χ1) is 13.3. The van der Waals surface area contributed by atoms with E-state index in [1.165, 1.54) is 0 Å². The molecule has 28 heavy (non-hydrogen) atoms. The Morgan fingerprint density at radius 1 is 1.18 bits per heavy atom. The van der Waals surface area contributed by atoms with Crippen molar-refractivity contribution in [2.45, 2.75) is 18.2 Å². The molecule has 0 radical (unpaired) electrons. The maximum atomic E-state index is 13.0. The fourth-order valence-electron chi connectivity index (χ4n) is 2.85. The van der Waals surface area contributed by atoms with Gasteiger partial charge in [-0.15, -0.1) is 11.3 Å². The highest BCUT2D eigenvalue weighted by Gasteiger charge is 2.20. The van der Waals surface area contributed by atoms with Gasteiger partial charge >= 0.3 is 5.97 Å².